The molecule has 1 N–H and O–H groups in total. The summed E-state index contributed by atoms with van der Waals surface area (Å²) < 4.78 is 2.25. The van der Waals surface area contributed by atoms with Crippen LogP contribution in [0.4, 0.5) is 5.69 Å². The van der Waals surface area contributed by atoms with Crippen LogP contribution in [0.1, 0.15) is 23.4 Å². The first-order chi connectivity index (χ1) is 11.6. The molecule has 0 aliphatic carbocycles. The van der Waals surface area contributed by atoms with E-state index in [0.29, 0.717) is 6.42 Å². The van der Waals surface area contributed by atoms with E-state index in [0.717, 1.165) is 35.6 Å². The van der Waals surface area contributed by atoms with Crippen molar-refractivity contribution >= 4 is 22.6 Å². The molecule has 1 aromatic heterocycles. The molecule has 0 bridgehead atoms. The van der Waals surface area contributed by atoms with E-state index in [-0.39, 0.29) is 11.8 Å². The van der Waals surface area contributed by atoms with Crippen LogP contribution in [0.15, 0.2) is 42.5 Å². The zero-order valence-electron chi connectivity index (χ0n) is 14.0. The number of hydrogen-bond acceptors (Lipinski definition) is 2. The number of amides is 1. The molecule has 0 radical (unpaired) electrons. The Bertz CT molecular complexity index is 926. The molecule has 1 amide bonds. The van der Waals surface area contributed by atoms with Crippen molar-refractivity contribution < 1.29 is 4.79 Å². The second-order valence-electron chi connectivity index (χ2n) is 6.59. The first-order valence-corrected chi connectivity index (χ1v) is 8.44. The van der Waals surface area contributed by atoms with Crippen molar-refractivity contribution in [2.45, 2.75) is 33.2 Å². The van der Waals surface area contributed by atoms with Gasteiger partial charge in [-0.15, -0.1) is 0 Å². The van der Waals surface area contributed by atoms with Gasteiger partial charge in [0.2, 0.25) is 5.91 Å². The average Bonchev–Trinajstić information content (AvgIpc) is 2.96. The monoisotopic (exact) mass is 319 g/mol. The zero-order valence-corrected chi connectivity index (χ0v) is 14.0. The van der Waals surface area contributed by atoms with Gasteiger partial charge >= 0.3 is 0 Å². The van der Waals surface area contributed by atoms with Crippen molar-refractivity contribution in [1.29, 1.82) is 0 Å². The van der Waals surface area contributed by atoms with E-state index < -0.39 is 0 Å². The molecule has 0 saturated carbocycles. The molecule has 3 aromatic rings. The number of nitrogens with one attached hydrogen (secondary N) is 1. The van der Waals surface area contributed by atoms with Crippen LogP contribution in [0.25, 0.3) is 11.0 Å². The summed E-state index contributed by atoms with van der Waals surface area (Å²) in [5, 5.41) is 3.11. The van der Waals surface area contributed by atoms with Gasteiger partial charge in [0.05, 0.1) is 11.0 Å². The Hall–Kier alpha value is -2.62. The number of rotatable bonds is 2. The number of nitrogens with zero attached hydrogens (tertiary/aromatic N) is 2. The molecular formula is C20H21N3O. The summed E-state index contributed by atoms with van der Waals surface area (Å²) in [7, 11) is 0. The van der Waals surface area contributed by atoms with E-state index in [1.165, 1.54) is 11.1 Å². The Balaban J connectivity index is 1.56. The maximum atomic E-state index is 12.7. The number of fused-ring (bicyclic) bond motifs is 3. The van der Waals surface area contributed by atoms with Crippen LogP contribution in [-0.2, 0) is 17.8 Å². The summed E-state index contributed by atoms with van der Waals surface area (Å²) >= 11 is 0. The van der Waals surface area contributed by atoms with Gasteiger partial charge in [-0.1, -0.05) is 24.3 Å². The van der Waals surface area contributed by atoms with Gasteiger partial charge in [-0.3, -0.25) is 4.79 Å². The number of aromatic nitrogens is 2. The van der Waals surface area contributed by atoms with Crippen molar-refractivity contribution in [2.24, 2.45) is 5.92 Å². The van der Waals surface area contributed by atoms with E-state index in [1.807, 2.05) is 37.3 Å². The van der Waals surface area contributed by atoms with Crippen molar-refractivity contribution in [2.75, 3.05) is 5.32 Å². The van der Waals surface area contributed by atoms with Gasteiger partial charge in [-0.25, -0.2) is 4.98 Å². The number of carbonyl (C=O) groups excluding carboxylic acids is 1. The normalized spacial score (nSPS) is 16.8. The Labute approximate surface area is 141 Å². The average molecular weight is 319 g/mol. The van der Waals surface area contributed by atoms with Crippen molar-refractivity contribution in [3.05, 3.63) is 59.4 Å². The van der Waals surface area contributed by atoms with Crippen molar-refractivity contribution in [3.8, 4) is 0 Å². The summed E-state index contributed by atoms with van der Waals surface area (Å²) in [5.41, 5.74) is 5.43. The quantitative estimate of drug-likeness (QED) is 0.780. The molecule has 1 atom stereocenters. The topological polar surface area (TPSA) is 46.9 Å². The molecular weight excluding hydrogens is 298 g/mol. The summed E-state index contributed by atoms with van der Waals surface area (Å²) in [5.74, 6) is 1.10. The van der Waals surface area contributed by atoms with Gasteiger partial charge in [-0.05, 0) is 49.6 Å². The van der Waals surface area contributed by atoms with Crippen LogP contribution in [-0.4, -0.2) is 15.5 Å². The second kappa shape index (κ2) is 5.78. The van der Waals surface area contributed by atoms with Crippen LogP contribution in [0.3, 0.4) is 0 Å². The highest BCUT2D eigenvalue weighted by Crippen LogP contribution is 2.27. The molecule has 1 aliphatic rings. The number of para-hydroxylation sites is 2. The van der Waals surface area contributed by atoms with Crippen LogP contribution in [0.2, 0.25) is 0 Å². The predicted molar refractivity (Wildman–Crippen MR) is 96.1 cm³/mol. The van der Waals surface area contributed by atoms with E-state index in [4.69, 9.17) is 4.98 Å². The molecule has 4 nitrogen and oxygen atoms in total. The first kappa shape index (κ1) is 14.9. The van der Waals surface area contributed by atoms with E-state index >= 15 is 0 Å². The van der Waals surface area contributed by atoms with Crippen LogP contribution >= 0.6 is 0 Å². The molecule has 0 spiro atoms. The summed E-state index contributed by atoms with van der Waals surface area (Å²) in [6.45, 7) is 4.96. The van der Waals surface area contributed by atoms with E-state index in [2.05, 4.69) is 28.9 Å². The van der Waals surface area contributed by atoms with E-state index in [1.54, 1.807) is 0 Å². The summed E-state index contributed by atoms with van der Waals surface area (Å²) in [6, 6.07) is 14.2. The van der Waals surface area contributed by atoms with Gasteiger partial charge in [-0.2, -0.15) is 0 Å². The molecule has 2 heterocycles. The fourth-order valence-corrected chi connectivity index (χ4v) is 3.48. The number of hydrogen-bond donors (Lipinski definition) is 1. The smallest absolute Gasteiger partial charge is 0.228 e. The van der Waals surface area contributed by atoms with Gasteiger partial charge < -0.3 is 9.88 Å². The highest BCUT2D eigenvalue weighted by atomic mass is 16.1. The second-order valence-corrected chi connectivity index (χ2v) is 6.59. The highest BCUT2D eigenvalue weighted by molar-refractivity contribution is 5.93. The fraction of sp³-hybridized carbons (Fsp3) is 0.300. The maximum Gasteiger partial charge on any atom is 0.228 e. The lowest BCUT2D eigenvalue weighted by Gasteiger charge is -2.23. The zero-order chi connectivity index (χ0) is 16.7. The summed E-state index contributed by atoms with van der Waals surface area (Å²) in [4.78, 5) is 17.4. The molecule has 1 aliphatic heterocycles. The molecule has 4 rings (SSSR count). The van der Waals surface area contributed by atoms with Crippen LogP contribution in [0, 0.1) is 19.8 Å². The van der Waals surface area contributed by atoms with Gasteiger partial charge in [0.25, 0.3) is 0 Å². The molecule has 122 valence electrons. The third-order valence-corrected chi connectivity index (χ3v) is 5.10. The number of carbonyl (C=O) groups is 1. The van der Waals surface area contributed by atoms with Gasteiger partial charge in [0.1, 0.15) is 5.82 Å². The van der Waals surface area contributed by atoms with Crippen LogP contribution < -0.4 is 5.32 Å². The minimum Gasteiger partial charge on any atom is -0.328 e. The lowest BCUT2D eigenvalue weighted by Crippen LogP contribution is -2.30. The molecule has 2 aromatic carbocycles. The third kappa shape index (κ3) is 2.48. The molecule has 4 heteroatoms. The minimum atomic E-state index is -0.0192. The van der Waals surface area contributed by atoms with Crippen molar-refractivity contribution in [1.82, 2.24) is 9.55 Å². The maximum absolute atomic E-state index is 12.7. The summed E-state index contributed by atoms with van der Waals surface area (Å²) in [6.07, 6.45) is 1.55. The lowest BCUT2D eigenvalue weighted by atomic mass is 9.96. The van der Waals surface area contributed by atoms with E-state index in [9.17, 15) is 4.79 Å². The Kier molecular flexibility index (Phi) is 3.60. The Morgan fingerprint density at radius 2 is 2.00 bits per heavy atom. The number of benzene rings is 2. The Morgan fingerprint density at radius 1 is 1.17 bits per heavy atom. The standard InChI is InChI=1S/C20H21N3O/c1-13-6-5-8-16(14(13)2)22-20(24)15-10-11-23-18-9-4-3-7-17(18)21-19(23)12-15/h3-9,15H,10-12H2,1-2H3,(H,22,24). The fourth-order valence-electron chi connectivity index (χ4n) is 3.48. The molecule has 1 unspecified atom stereocenters. The number of imidazole rings is 1. The van der Waals surface area contributed by atoms with Gasteiger partial charge in [0, 0.05) is 24.6 Å². The molecule has 0 fully saturated rings. The lowest BCUT2D eigenvalue weighted by molar-refractivity contribution is -0.120. The van der Waals surface area contributed by atoms with Crippen LogP contribution in [0.5, 0.6) is 0 Å². The minimum absolute atomic E-state index is 0.0192. The number of anilines is 1. The largest absolute Gasteiger partial charge is 0.328 e. The molecule has 24 heavy (non-hydrogen) atoms. The highest BCUT2D eigenvalue weighted by Gasteiger charge is 2.27. The third-order valence-electron chi connectivity index (χ3n) is 5.10. The van der Waals surface area contributed by atoms with Gasteiger partial charge in [0.15, 0.2) is 0 Å². The molecule has 0 saturated heterocycles. The predicted octanol–water partition coefficient (Wildman–Crippen LogP) is 3.85. The Morgan fingerprint density at radius 3 is 2.88 bits per heavy atom. The van der Waals surface area contributed by atoms with Crippen molar-refractivity contribution in [3.63, 3.8) is 0 Å². The first-order valence-electron chi connectivity index (χ1n) is 8.44. The number of aryl methyl sites for hydroxylation is 2. The SMILES string of the molecule is Cc1cccc(NC(=O)C2CCn3c(nc4ccccc43)C2)c1C.